The zero-order valence-electron chi connectivity index (χ0n) is 17.7. The number of nitrogens with zero attached hydrogens (tertiary/aromatic N) is 3. The average molecular weight is 447 g/mol. The highest BCUT2D eigenvalue weighted by atomic mass is 35.5. The molecule has 162 valence electrons. The SMILES string of the molecule is Cc1onc(-c2ccccc2)c1C(=O)N[C@@H]1CCCc2c1cnn2Cc1ccccc1Cl. The van der Waals surface area contributed by atoms with Crippen LogP contribution in [0.4, 0.5) is 0 Å². The predicted octanol–water partition coefficient (Wildman–Crippen LogP) is 5.36. The normalized spacial score (nSPS) is 15.4. The number of nitrogens with one attached hydrogen (secondary N) is 1. The van der Waals surface area contributed by atoms with Crippen molar-refractivity contribution in [3.8, 4) is 11.3 Å². The zero-order valence-corrected chi connectivity index (χ0v) is 18.5. The van der Waals surface area contributed by atoms with Gasteiger partial charge >= 0.3 is 0 Å². The van der Waals surface area contributed by atoms with Gasteiger partial charge in [-0.3, -0.25) is 9.48 Å². The largest absolute Gasteiger partial charge is 0.360 e. The van der Waals surface area contributed by atoms with Gasteiger partial charge in [-0.15, -0.1) is 0 Å². The molecule has 32 heavy (non-hydrogen) atoms. The van der Waals surface area contributed by atoms with Crippen molar-refractivity contribution in [2.75, 3.05) is 0 Å². The highest BCUT2D eigenvalue weighted by Gasteiger charge is 2.29. The third kappa shape index (κ3) is 3.82. The molecule has 1 aliphatic carbocycles. The average Bonchev–Trinajstić information content (AvgIpc) is 3.40. The van der Waals surface area contributed by atoms with E-state index in [1.165, 1.54) is 0 Å². The van der Waals surface area contributed by atoms with Gasteiger partial charge in [-0.05, 0) is 37.8 Å². The quantitative estimate of drug-likeness (QED) is 0.448. The standard InChI is InChI=1S/C25H23ClN4O2/c1-16-23(24(29-32-16)17-8-3-2-4-9-17)25(31)28-21-12-7-13-22-19(21)14-27-30(22)15-18-10-5-6-11-20(18)26/h2-6,8-11,14,21H,7,12-13,15H2,1H3,(H,28,31)/t21-/m1/s1. The van der Waals surface area contributed by atoms with E-state index in [1.807, 2.05) is 65.5 Å². The van der Waals surface area contributed by atoms with Gasteiger partial charge in [0.15, 0.2) is 0 Å². The van der Waals surface area contributed by atoms with Crippen molar-refractivity contribution in [2.24, 2.45) is 0 Å². The monoisotopic (exact) mass is 446 g/mol. The third-order valence-corrected chi connectivity index (χ3v) is 6.35. The Morgan fingerprint density at radius 3 is 2.78 bits per heavy atom. The lowest BCUT2D eigenvalue weighted by atomic mass is 9.92. The number of halogens is 1. The van der Waals surface area contributed by atoms with E-state index in [1.54, 1.807) is 6.92 Å². The third-order valence-electron chi connectivity index (χ3n) is 5.98. The van der Waals surface area contributed by atoms with Crippen LogP contribution in [0.1, 0.15) is 51.8 Å². The smallest absolute Gasteiger partial charge is 0.257 e. The molecule has 7 heteroatoms. The number of hydrogen-bond donors (Lipinski definition) is 1. The topological polar surface area (TPSA) is 73.0 Å². The van der Waals surface area contributed by atoms with Crippen molar-refractivity contribution < 1.29 is 9.32 Å². The van der Waals surface area contributed by atoms with Crippen LogP contribution in [0, 0.1) is 6.92 Å². The van der Waals surface area contributed by atoms with Crippen LogP contribution in [-0.4, -0.2) is 20.8 Å². The van der Waals surface area contributed by atoms with Crippen LogP contribution in [0.25, 0.3) is 11.3 Å². The Morgan fingerprint density at radius 2 is 1.97 bits per heavy atom. The number of amides is 1. The van der Waals surface area contributed by atoms with E-state index < -0.39 is 0 Å². The van der Waals surface area contributed by atoms with Crippen molar-refractivity contribution in [3.05, 3.63) is 94.0 Å². The minimum atomic E-state index is -0.181. The molecular formula is C25H23ClN4O2. The lowest BCUT2D eigenvalue weighted by Gasteiger charge is -2.24. The van der Waals surface area contributed by atoms with E-state index in [0.29, 0.717) is 23.6 Å². The first-order chi connectivity index (χ1) is 15.6. The van der Waals surface area contributed by atoms with Crippen LogP contribution in [0.15, 0.2) is 65.3 Å². The van der Waals surface area contributed by atoms with E-state index >= 15 is 0 Å². The molecule has 2 aromatic heterocycles. The van der Waals surface area contributed by atoms with Crippen LogP contribution < -0.4 is 5.32 Å². The molecule has 2 aromatic carbocycles. The molecule has 1 atom stereocenters. The molecular weight excluding hydrogens is 424 g/mol. The van der Waals surface area contributed by atoms with Crippen LogP contribution in [0.5, 0.6) is 0 Å². The molecule has 0 saturated carbocycles. The summed E-state index contributed by atoms with van der Waals surface area (Å²) in [5, 5.41) is 12.7. The van der Waals surface area contributed by atoms with Gasteiger partial charge in [-0.25, -0.2) is 0 Å². The molecule has 1 aliphatic rings. The van der Waals surface area contributed by atoms with Gasteiger partial charge in [-0.2, -0.15) is 5.10 Å². The first kappa shape index (κ1) is 20.5. The number of benzene rings is 2. The molecule has 5 rings (SSSR count). The summed E-state index contributed by atoms with van der Waals surface area (Å²) in [6.45, 7) is 2.38. The molecule has 0 bridgehead atoms. The molecule has 0 spiro atoms. The Balaban J connectivity index is 1.40. The molecule has 1 N–H and O–H groups in total. The van der Waals surface area contributed by atoms with Crippen molar-refractivity contribution in [1.82, 2.24) is 20.3 Å². The summed E-state index contributed by atoms with van der Waals surface area (Å²) in [5.74, 6) is 0.325. The second-order valence-electron chi connectivity index (χ2n) is 8.04. The molecule has 0 saturated heterocycles. The number of aryl methyl sites for hydroxylation is 1. The van der Waals surface area contributed by atoms with E-state index in [9.17, 15) is 4.79 Å². The molecule has 0 unspecified atom stereocenters. The van der Waals surface area contributed by atoms with Crippen LogP contribution in [0.3, 0.4) is 0 Å². The van der Waals surface area contributed by atoms with Crippen molar-refractivity contribution in [2.45, 2.75) is 38.8 Å². The molecule has 0 radical (unpaired) electrons. The van der Waals surface area contributed by atoms with Crippen LogP contribution in [-0.2, 0) is 13.0 Å². The van der Waals surface area contributed by atoms with Crippen molar-refractivity contribution >= 4 is 17.5 Å². The highest BCUT2D eigenvalue weighted by Crippen LogP contribution is 2.32. The predicted molar refractivity (Wildman–Crippen MR) is 123 cm³/mol. The summed E-state index contributed by atoms with van der Waals surface area (Å²) in [4.78, 5) is 13.3. The summed E-state index contributed by atoms with van der Waals surface area (Å²) < 4.78 is 7.37. The van der Waals surface area contributed by atoms with Gasteiger partial charge < -0.3 is 9.84 Å². The first-order valence-electron chi connectivity index (χ1n) is 10.7. The highest BCUT2D eigenvalue weighted by molar-refractivity contribution is 6.31. The number of carbonyl (C=O) groups is 1. The minimum Gasteiger partial charge on any atom is -0.360 e. The molecule has 1 amide bonds. The summed E-state index contributed by atoms with van der Waals surface area (Å²) in [6, 6.07) is 17.3. The van der Waals surface area contributed by atoms with E-state index in [2.05, 4.69) is 15.6 Å². The van der Waals surface area contributed by atoms with Gasteiger partial charge in [-0.1, -0.05) is 65.3 Å². The number of hydrogen-bond acceptors (Lipinski definition) is 4. The van der Waals surface area contributed by atoms with Crippen LogP contribution >= 0.6 is 11.6 Å². The summed E-state index contributed by atoms with van der Waals surface area (Å²) in [7, 11) is 0. The molecule has 0 aliphatic heterocycles. The lowest BCUT2D eigenvalue weighted by molar-refractivity contribution is 0.0931. The van der Waals surface area contributed by atoms with E-state index in [0.717, 1.165) is 46.7 Å². The summed E-state index contributed by atoms with van der Waals surface area (Å²) in [6.07, 6.45) is 4.63. The van der Waals surface area contributed by atoms with Gasteiger partial charge in [0.2, 0.25) is 0 Å². The lowest BCUT2D eigenvalue weighted by Crippen LogP contribution is -2.31. The first-order valence-corrected chi connectivity index (χ1v) is 11.1. The molecule has 4 aromatic rings. The van der Waals surface area contributed by atoms with Crippen molar-refractivity contribution in [3.63, 3.8) is 0 Å². The second-order valence-corrected chi connectivity index (χ2v) is 8.45. The Labute approximate surface area is 191 Å². The fourth-order valence-electron chi connectivity index (χ4n) is 4.36. The number of aromatic nitrogens is 3. The molecule has 2 heterocycles. The maximum absolute atomic E-state index is 13.3. The maximum atomic E-state index is 13.3. The minimum absolute atomic E-state index is 0.107. The second kappa shape index (κ2) is 8.63. The Kier molecular flexibility index (Phi) is 5.53. The number of carbonyl (C=O) groups excluding carboxylic acids is 1. The molecule has 6 nitrogen and oxygen atoms in total. The summed E-state index contributed by atoms with van der Waals surface area (Å²) >= 11 is 6.35. The van der Waals surface area contributed by atoms with Crippen LogP contribution in [0.2, 0.25) is 5.02 Å². The van der Waals surface area contributed by atoms with Gasteiger partial charge in [0.1, 0.15) is 17.0 Å². The van der Waals surface area contributed by atoms with Gasteiger partial charge in [0.25, 0.3) is 5.91 Å². The Morgan fingerprint density at radius 1 is 1.19 bits per heavy atom. The Bertz CT molecular complexity index is 1260. The van der Waals surface area contributed by atoms with E-state index in [4.69, 9.17) is 16.1 Å². The maximum Gasteiger partial charge on any atom is 0.257 e. The Hall–Kier alpha value is -3.38. The molecule has 0 fully saturated rings. The zero-order chi connectivity index (χ0) is 22.1. The number of rotatable bonds is 5. The van der Waals surface area contributed by atoms with Gasteiger partial charge in [0, 0.05) is 21.8 Å². The fraction of sp³-hybridized carbons (Fsp3) is 0.240. The number of fused-ring (bicyclic) bond motifs is 1. The van der Waals surface area contributed by atoms with Gasteiger partial charge in [0.05, 0.1) is 18.8 Å². The summed E-state index contributed by atoms with van der Waals surface area (Å²) in [5.41, 5.74) is 5.13. The fourth-order valence-corrected chi connectivity index (χ4v) is 4.55. The van der Waals surface area contributed by atoms with E-state index in [-0.39, 0.29) is 11.9 Å². The van der Waals surface area contributed by atoms with Crippen molar-refractivity contribution in [1.29, 1.82) is 0 Å².